The average molecular weight is 284 g/mol. The first kappa shape index (κ1) is 14.3. The predicted octanol–water partition coefficient (Wildman–Crippen LogP) is 2.35. The molecule has 1 aliphatic heterocycles. The van der Waals surface area contributed by atoms with Crippen molar-refractivity contribution in [2.45, 2.75) is 25.4 Å². The van der Waals surface area contributed by atoms with E-state index in [4.69, 9.17) is 0 Å². The minimum absolute atomic E-state index is 0.477. The van der Waals surface area contributed by atoms with Crippen molar-refractivity contribution in [2.75, 3.05) is 19.6 Å². The van der Waals surface area contributed by atoms with Gasteiger partial charge in [0.05, 0.1) is 6.20 Å². The summed E-state index contributed by atoms with van der Waals surface area (Å²) in [5.41, 5.74) is 2.66. The second-order valence-electron chi connectivity index (χ2n) is 5.82. The lowest BCUT2D eigenvalue weighted by atomic mass is 10.1. The van der Waals surface area contributed by atoms with Gasteiger partial charge < -0.3 is 5.32 Å². The Morgan fingerprint density at radius 2 is 1.95 bits per heavy atom. The van der Waals surface area contributed by atoms with Crippen LogP contribution in [0.3, 0.4) is 0 Å². The van der Waals surface area contributed by atoms with Crippen molar-refractivity contribution in [3.05, 3.63) is 53.9 Å². The van der Waals surface area contributed by atoms with E-state index in [0.717, 1.165) is 13.1 Å². The SMILES string of the molecule is Cn1cc(CNCC(c2ccccc2)N2CCCC2)cn1. The van der Waals surface area contributed by atoms with E-state index >= 15 is 0 Å². The van der Waals surface area contributed by atoms with Gasteiger partial charge in [0, 0.05) is 37.9 Å². The molecule has 0 spiro atoms. The van der Waals surface area contributed by atoms with Crippen LogP contribution in [0.4, 0.5) is 0 Å². The number of likely N-dealkylation sites (tertiary alicyclic amines) is 1. The first-order valence-corrected chi connectivity index (χ1v) is 7.80. The Bertz CT molecular complexity index is 543. The summed E-state index contributed by atoms with van der Waals surface area (Å²) in [6.07, 6.45) is 6.65. The number of aryl methyl sites for hydroxylation is 1. The molecule has 0 bridgehead atoms. The summed E-state index contributed by atoms with van der Waals surface area (Å²) >= 11 is 0. The third-order valence-electron chi connectivity index (χ3n) is 4.19. The van der Waals surface area contributed by atoms with Crippen LogP contribution in [0.25, 0.3) is 0 Å². The fourth-order valence-corrected chi connectivity index (χ4v) is 3.10. The van der Waals surface area contributed by atoms with Crippen molar-refractivity contribution in [2.24, 2.45) is 7.05 Å². The first-order valence-electron chi connectivity index (χ1n) is 7.80. The topological polar surface area (TPSA) is 33.1 Å². The van der Waals surface area contributed by atoms with Crippen LogP contribution in [0.1, 0.15) is 30.0 Å². The van der Waals surface area contributed by atoms with Gasteiger partial charge in [0.1, 0.15) is 0 Å². The molecule has 0 radical (unpaired) electrons. The van der Waals surface area contributed by atoms with Crippen molar-refractivity contribution in [3.8, 4) is 0 Å². The molecule has 1 unspecified atom stereocenters. The summed E-state index contributed by atoms with van der Waals surface area (Å²) in [7, 11) is 1.96. The van der Waals surface area contributed by atoms with E-state index in [2.05, 4.69) is 51.8 Å². The lowest BCUT2D eigenvalue weighted by molar-refractivity contribution is 0.238. The molecule has 1 atom stereocenters. The van der Waals surface area contributed by atoms with Gasteiger partial charge in [-0.05, 0) is 31.5 Å². The Morgan fingerprint density at radius 1 is 1.19 bits per heavy atom. The van der Waals surface area contributed by atoms with E-state index in [-0.39, 0.29) is 0 Å². The van der Waals surface area contributed by atoms with Crippen molar-refractivity contribution in [1.29, 1.82) is 0 Å². The maximum absolute atomic E-state index is 4.22. The van der Waals surface area contributed by atoms with Gasteiger partial charge in [-0.1, -0.05) is 30.3 Å². The van der Waals surface area contributed by atoms with Gasteiger partial charge >= 0.3 is 0 Å². The molecule has 1 fully saturated rings. The Hall–Kier alpha value is -1.65. The Morgan fingerprint density at radius 3 is 2.62 bits per heavy atom. The highest BCUT2D eigenvalue weighted by molar-refractivity contribution is 5.20. The highest BCUT2D eigenvalue weighted by atomic mass is 15.2. The zero-order valence-electron chi connectivity index (χ0n) is 12.7. The van der Waals surface area contributed by atoms with Crippen LogP contribution in [-0.2, 0) is 13.6 Å². The Labute approximate surface area is 126 Å². The molecule has 1 aromatic heterocycles. The van der Waals surface area contributed by atoms with E-state index in [9.17, 15) is 0 Å². The number of rotatable bonds is 6. The van der Waals surface area contributed by atoms with Crippen molar-refractivity contribution >= 4 is 0 Å². The van der Waals surface area contributed by atoms with Gasteiger partial charge in [0.15, 0.2) is 0 Å². The van der Waals surface area contributed by atoms with E-state index in [1.54, 1.807) is 0 Å². The molecule has 1 aliphatic rings. The minimum atomic E-state index is 0.477. The summed E-state index contributed by atoms with van der Waals surface area (Å²) in [5.74, 6) is 0. The summed E-state index contributed by atoms with van der Waals surface area (Å²) in [5, 5.41) is 7.81. The molecule has 4 nitrogen and oxygen atoms in total. The fourth-order valence-electron chi connectivity index (χ4n) is 3.10. The number of hydrogen-bond acceptors (Lipinski definition) is 3. The number of nitrogens with one attached hydrogen (secondary N) is 1. The van der Waals surface area contributed by atoms with Crippen molar-refractivity contribution < 1.29 is 0 Å². The number of aromatic nitrogens is 2. The van der Waals surface area contributed by atoms with Crippen LogP contribution in [0.5, 0.6) is 0 Å². The van der Waals surface area contributed by atoms with E-state index in [1.165, 1.54) is 37.1 Å². The average Bonchev–Trinajstić information content (AvgIpc) is 3.16. The highest BCUT2D eigenvalue weighted by Crippen LogP contribution is 2.24. The third-order valence-corrected chi connectivity index (χ3v) is 4.19. The quantitative estimate of drug-likeness (QED) is 0.884. The van der Waals surface area contributed by atoms with Crippen LogP contribution in [0, 0.1) is 0 Å². The van der Waals surface area contributed by atoms with Gasteiger partial charge in [-0.3, -0.25) is 9.58 Å². The number of benzene rings is 1. The summed E-state index contributed by atoms with van der Waals surface area (Å²) < 4.78 is 1.85. The Balaban J connectivity index is 1.62. The normalized spacial score (nSPS) is 17.2. The lowest BCUT2D eigenvalue weighted by Gasteiger charge is -2.28. The van der Waals surface area contributed by atoms with Crippen LogP contribution < -0.4 is 5.32 Å². The maximum Gasteiger partial charge on any atom is 0.0534 e. The molecular weight excluding hydrogens is 260 g/mol. The Kier molecular flexibility index (Phi) is 4.68. The molecule has 1 N–H and O–H groups in total. The molecular formula is C17H24N4. The third kappa shape index (κ3) is 3.71. The molecule has 0 amide bonds. The number of nitrogens with zero attached hydrogens (tertiary/aromatic N) is 3. The zero-order chi connectivity index (χ0) is 14.5. The largest absolute Gasteiger partial charge is 0.311 e. The fraction of sp³-hybridized carbons (Fsp3) is 0.471. The van der Waals surface area contributed by atoms with Gasteiger partial charge in [-0.2, -0.15) is 5.10 Å². The van der Waals surface area contributed by atoms with Gasteiger partial charge in [0.2, 0.25) is 0 Å². The summed E-state index contributed by atoms with van der Waals surface area (Å²) in [6, 6.07) is 11.3. The summed E-state index contributed by atoms with van der Waals surface area (Å²) in [6.45, 7) is 4.30. The van der Waals surface area contributed by atoms with Crippen LogP contribution in [0.2, 0.25) is 0 Å². The molecule has 0 aliphatic carbocycles. The summed E-state index contributed by atoms with van der Waals surface area (Å²) in [4.78, 5) is 2.60. The van der Waals surface area contributed by atoms with Crippen molar-refractivity contribution in [3.63, 3.8) is 0 Å². The molecule has 3 rings (SSSR count). The van der Waals surface area contributed by atoms with E-state index in [1.807, 2.05) is 17.9 Å². The lowest BCUT2D eigenvalue weighted by Crippen LogP contribution is -2.33. The highest BCUT2D eigenvalue weighted by Gasteiger charge is 2.22. The van der Waals surface area contributed by atoms with Crippen molar-refractivity contribution in [1.82, 2.24) is 20.0 Å². The maximum atomic E-state index is 4.22. The smallest absolute Gasteiger partial charge is 0.0534 e. The van der Waals surface area contributed by atoms with E-state index < -0.39 is 0 Å². The molecule has 1 aromatic carbocycles. The van der Waals surface area contributed by atoms with Gasteiger partial charge in [-0.25, -0.2) is 0 Å². The standard InChI is InChI=1S/C17H24N4/c1-20-14-15(12-19-20)11-18-13-17(21-9-5-6-10-21)16-7-3-2-4-8-16/h2-4,7-8,12,14,17-18H,5-6,9-11,13H2,1H3. The van der Waals surface area contributed by atoms with E-state index in [0.29, 0.717) is 6.04 Å². The number of hydrogen-bond donors (Lipinski definition) is 1. The van der Waals surface area contributed by atoms with Crippen LogP contribution >= 0.6 is 0 Å². The second kappa shape index (κ2) is 6.87. The monoisotopic (exact) mass is 284 g/mol. The second-order valence-corrected chi connectivity index (χ2v) is 5.82. The molecule has 112 valence electrons. The van der Waals surface area contributed by atoms with Gasteiger partial charge in [-0.15, -0.1) is 0 Å². The zero-order valence-corrected chi connectivity index (χ0v) is 12.7. The molecule has 4 heteroatoms. The minimum Gasteiger partial charge on any atom is -0.311 e. The molecule has 1 saturated heterocycles. The molecule has 21 heavy (non-hydrogen) atoms. The van der Waals surface area contributed by atoms with Crippen LogP contribution in [0.15, 0.2) is 42.7 Å². The molecule has 0 saturated carbocycles. The van der Waals surface area contributed by atoms with Gasteiger partial charge in [0.25, 0.3) is 0 Å². The molecule has 2 heterocycles. The predicted molar refractivity (Wildman–Crippen MR) is 84.9 cm³/mol. The molecule has 2 aromatic rings. The van der Waals surface area contributed by atoms with Crippen LogP contribution in [-0.4, -0.2) is 34.3 Å². The first-order chi connectivity index (χ1) is 10.3.